The van der Waals surface area contributed by atoms with Crippen molar-refractivity contribution < 1.29 is 26.8 Å². The monoisotopic (exact) mass is 460 g/mol. The number of hydrogen-bond acceptors (Lipinski definition) is 11. The van der Waals surface area contributed by atoms with E-state index in [0.717, 1.165) is 16.4 Å². The molecule has 4 atom stereocenters. The van der Waals surface area contributed by atoms with E-state index in [2.05, 4.69) is 24.2 Å². The number of aliphatic hydroxyl groups excluding tert-OH is 1. The van der Waals surface area contributed by atoms with E-state index in [1.807, 2.05) is 0 Å². The van der Waals surface area contributed by atoms with Crippen LogP contribution < -0.4 is 10.9 Å². The lowest BCUT2D eigenvalue weighted by atomic mass is 10.1. The molecule has 1 aliphatic rings. The number of nitrogens with zero attached hydrogens (tertiary/aromatic N) is 6. The van der Waals surface area contributed by atoms with E-state index in [9.17, 15) is 17.9 Å². The van der Waals surface area contributed by atoms with Gasteiger partial charge in [0.2, 0.25) is 0 Å². The fraction of sp³-hybridized carbons (Fsp3) is 0.429. The number of aromatic nitrogens is 6. The van der Waals surface area contributed by atoms with Crippen LogP contribution in [0.3, 0.4) is 0 Å². The lowest BCUT2D eigenvalue weighted by Crippen LogP contribution is -2.33. The van der Waals surface area contributed by atoms with Gasteiger partial charge >= 0.3 is 10.3 Å². The molecule has 3 aromatic rings. The molecule has 0 amide bonds. The highest BCUT2D eigenvalue weighted by atomic mass is 32.2. The summed E-state index contributed by atoms with van der Waals surface area (Å²) in [5.41, 5.74) is 6.16. The van der Waals surface area contributed by atoms with Crippen LogP contribution in [0.15, 0.2) is 28.9 Å². The molecule has 16 heteroatoms. The summed E-state index contributed by atoms with van der Waals surface area (Å²) in [6, 6.07) is 0. The van der Waals surface area contributed by atoms with Crippen molar-refractivity contribution in [2.24, 2.45) is 12.2 Å². The van der Waals surface area contributed by atoms with Crippen LogP contribution in [0.2, 0.25) is 0 Å². The molecule has 5 N–H and O–H groups in total. The highest BCUT2D eigenvalue weighted by molar-refractivity contribution is 7.99. The Balaban J connectivity index is 1.70. The number of fused-ring (bicyclic) bond motifs is 1. The molecule has 0 unspecified atom stereocenters. The highest BCUT2D eigenvalue weighted by Crippen LogP contribution is 2.38. The number of aliphatic hydroxyl groups is 1. The molecule has 1 saturated heterocycles. The Morgan fingerprint density at radius 3 is 2.83 bits per heavy atom. The summed E-state index contributed by atoms with van der Waals surface area (Å²) in [4.78, 5) is 12.3. The maximum atomic E-state index is 14.8. The lowest BCUT2D eigenvalue weighted by Gasteiger charge is -2.14. The second-order valence-corrected chi connectivity index (χ2v) is 8.58. The number of ether oxygens (including phenoxy) is 1. The fourth-order valence-electron chi connectivity index (χ4n) is 2.95. The lowest BCUT2D eigenvalue weighted by molar-refractivity contribution is -0.0456. The van der Waals surface area contributed by atoms with Crippen LogP contribution in [0, 0.1) is 0 Å². The van der Waals surface area contributed by atoms with Gasteiger partial charge in [0, 0.05) is 19.4 Å². The van der Waals surface area contributed by atoms with E-state index >= 15 is 0 Å². The van der Waals surface area contributed by atoms with E-state index in [-0.39, 0.29) is 11.5 Å². The summed E-state index contributed by atoms with van der Waals surface area (Å²) in [6.07, 6.45) is -1.82. The van der Waals surface area contributed by atoms with Crippen LogP contribution in [0.1, 0.15) is 6.23 Å². The largest absolute Gasteiger partial charge is 0.387 e. The SMILES string of the molecule is Cn1ccnc1Sc1nn([C@@H]2O[C@H](COS(N)(=O)=O)[C@@H](O)[C@@H]2F)c2ncnc(N)c12. The van der Waals surface area contributed by atoms with Crippen molar-refractivity contribution in [3.63, 3.8) is 0 Å². The molecule has 30 heavy (non-hydrogen) atoms. The number of aryl methyl sites for hydroxylation is 1. The van der Waals surface area contributed by atoms with Gasteiger partial charge in [0.15, 0.2) is 23.2 Å². The standard InChI is InChI=1S/C14H17FN8O5S2/c1-22-3-2-18-14(22)29-12-7-10(16)19-5-20-11(7)23(21-12)13-8(15)9(24)6(28-13)4-27-30(17,25)26/h2-3,5-6,8-9,13,24H,4H2,1H3,(H2,16,19,20)(H2,17,25,26)/t6-,8+,9-,13-/m1/s1. The van der Waals surface area contributed by atoms with Gasteiger partial charge in [-0.2, -0.15) is 13.5 Å². The molecule has 0 spiro atoms. The number of imidazole rings is 1. The normalized spacial score (nSPS) is 24.7. The Kier molecular flexibility index (Phi) is 5.37. The van der Waals surface area contributed by atoms with Crippen LogP contribution in [0.4, 0.5) is 10.2 Å². The first kappa shape index (κ1) is 20.9. The number of alkyl halides is 1. The Hall–Kier alpha value is -2.37. The van der Waals surface area contributed by atoms with Gasteiger partial charge in [-0.25, -0.2) is 29.2 Å². The molecule has 4 rings (SSSR count). The van der Waals surface area contributed by atoms with Crippen LogP contribution in [-0.4, -0.2) is 67.8 Å². The van der Waals surface area contributed by atoms with Crippen molar-refractivity contribution in [2.45, 2.75) is 34.8 Å². The van der Waals surface area contributed by atoms with Crippen molar-refractivity contribution in [2.75, 3.05) is 12.3 Å². The summed E-state index contributed by atoms with van der Waals surface area (Å²) < 4.78 is 49.6. The van der Waals surface area contributed by atoms with E-state index in [1.165, 1.54) is 6.33 Å². The molecule has 0 radical (unpaired) electrons. The van der Waals surface area contributed by atoms with Gasteiger partial charge in [-0.3, -0.25) is 4.18 Å². The average molecular weight is 460 g/mol. The summed E-state index contributed by atoms with van der Waals surface area (Å²) in [6.45, 7) is -0.665. The summed E-state index contributed by atoms with van der Waals surface area (Å²) in [5.74, 6) is 0.117. The Morgan fingerprint density at radius 1 is 1.40 bits per heavy atom. The van der Waals surface area contributed by atoms with Crippen molar-refractivity contribution in [3.05, 3.63) is 18.7 Å². The maximum Gasteiger partial charge on any atom is 0.333 e. The fourth-order valence-corrected chi connectivity index (χ4v) is 4.19. The Labute approximate surface area is 173 Å². The number of nitrogen functional groups attached to an aromatic ring is 1. The van der Waals surface area contributed by atoms with Crippen molar-refractivity contribution in [1.82, 2.24) is 29.3 Å². The minimum Gasteiger partial charge on any atom is -0.387 e. The second kappa shape index (κ2) is 7.71. The van der Waals surface area contributed by atoms with Gasteiger partial charge in [0.1, 0.15) is 29.4 Å². The predicted octanol–water partition coefficient (Wildman–Crippen LogP) is -0.890. The third kappa shape index (κ3) is 3.84. The van der Waals surface area contributed by atoms with E-state index in [4.69, 9.17) is 15.6 Å². The quantitative estimate of drug-likeness (QED) is 0.414. The molecule has 0 aromatic carbocycles. The molecule has 1 fully saturated rings. The van der Waals surface area contributed by atoms with Crippen LogP contribution >= 0.6 is 11.8 Å². The van der Waals surface area contributed by atoms with Crippen LogP contribution in [0.5, 0.6) is 0 Å². The van der Waals surface area contributed by atoms with Gasteiger partial charge in [0.25, 0.3) is 0 Å². The molecular formula is C14H17FN8O5S2. The molecule has 4 heterocycles. The van der Waals surface area contributed by atoms with Crippen LogP contribution in [-0.2, 0) is 26.3 Å². The summed E-state index contributed by atoms with van der Waals surface area (Å²) >= 11 is 1.16. The molecule has 0 bridgehead atoms. The number of anilines is 1. The smallest absolute Gasteiger partial charge is 0.333 e. The van der Waals surface area contributed by atoms with E-state index < -0.39 is 41.5 Å². The highest BCUT2D eigenvalue weighted by Gasteiger charge is 2.47. The van der Waals surface area contributed by atoms with Gasteiger partial charge in [0.05, 0.1) is 12.0 Å². The Bertz CT molecular complexity index is 1180. The molecule has 1 aliphatic heterocycles. The molecule has 0 aliphatic carbocycles. The van der Waals surface area contributed by atoms with Crippen molar-refractivity contribution in [1.29, 1.82) is 0 Å². The number of nitrogens with two attached hydrogens (primary N) is 2. The summed E-state index contributed by atoms with van der Waals surface area (Å²) in [5, 5.41) is 20.6. The third-order valence-corrected chi connectivity index (χ3v) is 5.90. The second-order valence-electron chi connectivity index (χ2n) is 6.41. The maximum absolute atomic E-state index is 14.8. The first-order valence-corrected chi connectivity index (χ1v) is 10.7. The van der Waals surface area contributed by atoms with E-state index in [0.29, 0.717) is 15.6 Å². The first-order chi connectivity index (χ1) is 14.2. The molecular weight excluding hydrogens is 443 g/mol. The van der Waals surface area contributed by atoms with Crippen molar-refractivity contribution >= 4 is 38.9 Å². The predicted molar refractivity (Wildman–Crippen MR) is 101 cm³/mol. The summed E-state index contributed by atoms with van der Waals surface area (Å²) in [7, 11) is -2.50. The number of halogens is 1. The van der Waals surface area contributed by atoms with Gasteiger partial charge in [-0.1, -0.05) is 0 Å². The average Bonchev–Trinajstić information content (AvgIpc) is 3.32. The van der Waals surface area contributed by atoms with Crippen LogP contribution in [0.25, 0.3) is 11.0 Å². The van der Waals surface area contributed by atoms with E-state index in [1.54, 1.807) is 24.0 Å². The number of hydrogen-bond donors (Lipinski definition) is 3. The zero-order chi connectivity index (χ0) is 21.6. The Morgan fingerprint density at radius 2 is 2.17 bits per heavy atom. The molecule has 162 valence electrons. The molecule has 3 aromatic heterocycles. The number of rotatable bonds is 6. The zero-order valence-electron chi connectivity index (χ0n) is 15.4. The molecule has 0 saturated carbocycles. The zero-order valence-corrected chi connectivity index (χ0v) is 17.0. The van der Waals surface area contributed by atoms with Gasteiger partial charge in [-0.15, -0.1) is 0 Å². The van der Waals surface area contributed by atoms with Gasteiger partial charge < -0.3 is 20.1 Å². The first-order valence-electron chi connectivity index (χ1n) is 8.44. The third-order valence-electron chi connectivity index (χ3n) is 4.38. The molecule has 13 nitrogen and oxygen atoms in total. The van der Waals surface area contributed by atoms with Crippen molar-refractivity contribution in [3.8, 4) is 0 Å². The topological polar surface area (TPSA) is 186 Å². The van der Waals surface area contributed by atoms with Gasteiger partial charge in [-0.05, 0) is 11.8 Å². The minimum absolute atomic E-state index is 0.117. The minimum atomic E-state index is -4.29.